The first-order valence-corrected chi connectivity index (χ1v) is 9.76. The van der Waals surface area contributed by atoms with E-state index in [0.717, 1.165) is 24.1 Å². The van der Waals surface area contributed by atoms with Crippen LogP contribution in [0.5, 0.6) is 0 Å². The molecule has 2 atom stereocenters. The van der Waals surface area contributed by atoms with Gasteiger partial charge in [0.15, 0.2) is 0 Å². The maximum absolute atomic E-state index is 13.5. The van der Waals surface area contributed by atoms with E-state index >= 15 is 0 Å². The summed E-state index contributed by atoms with van der Waals surface area (Å²) in [5, 5.41) is 8.85. The Hall–Kier alpha value is -2.32. The van der Waals surface area contributed by atoms with Crippen LogP contribution in [0.2, 0.25) is 0 Å². The van der Waals surface area contributed by atoms with E-state index in [0.29, 0.717) is 38.2 Å². The highest BCUT2D eigenvalue weighted by molar-refractivity contribution is 6.05. The molecule has 7 nitrogen and oxygen atoms in total. The second kappa shape index (κ2) is 7.60. The maximum atomic E-state index is 13.5. The molecular weight excluding hydrogens is 363 g/mol. The predicted octanol–water partition coefficient (Wildman–Crippen LogP) is 0.486. The lowest BCUT2D eigenvalue weighted by atomic mass is 9.88. The molecule has 3 amide bonds. The predicted molar refractivity (Wildman–Crippen MR) is 100 cm³/mol. The molecule has 150 valence electrons. The van der Waals surface area contributed by atoms with Crippen LogP contribution < -0.4 is 16.0 Å². The number of nitrogens with one attached hydrogen (secondary N) is 3. The van der Waals surface area contributed by atoms with Crippen LogP contribution in [0.4, 0.5) is 4.39 Å². The van der Waals surface area contributed by atoms with E-state index in [1.807, 2.05) is 18.2 Å². The van der Waals surface area contributed by atoms with Gasteiger partial charge in [0, 0.05) is 43.6 Å². The number of piperidine rings is 1. The zero-order chi connectivity index (χ0) is 19.7. The van der Waals surface area contributed by atoms with E-state index in [-0.39, 0.29) is 30.3 Å². The molecular formula is C20H25FN4O3. The molecule has 0 aliphatic carbocycles. The molecule has 2 unspecified atom stereocenters. The Morgan fingerprint density at radius 1 is 1.29 bits per heavy atom. The Morgan fingerprint density at radius 3 is 2.86 bits per heavy atom. The first kappa shape index (κ1) is 19.0. The van der Waals surface area contributed by atoms with Crippen LogP contribution in [0, 0.1) is 5.41 Å². The first-order valence-electron chi connectivity index (χ1n) is 9.76. The highest BCUT2D eigenvalue weighted by Gasteiger charge is 2.40. The molecule has 3 heterocycles. The van der Waals surface area contributed by atoms with Crippen molar-refractivity contribution in [3.05, 3.63) is 34.9 Å². The number of hydrogen-bond acceptors (Lipinski definition) is 5. The summed E-state index contributed by atoms with van der Waals surface area (Å²) in [6.07, 6.45) is 1.39. The van der Waals surface area contributed by atoms with E-state index in [1.165, 1.54) is 0 Å². The minimum Gasteiger partial charge on any atom is -0.322 e. The molecule has 8 heteroatoms. The largest absolute Gasteiger partial charge is 0.322 e. The zero-order valence-corrected chi connectivity index (χ0v) is 15.7. The number of amides is 3. The summed E-state index contributed by atoms with van der Waals surface area (Å²) in [5.74, 6) is -0.876. The van der Waals surface area contributed by atoms with Crippen LogP contribution >= 0.6 is 0 Å². The highest BCUT2D eigenvalue weighted by atomic mass is 19.1. The number of hydrogen-bond donors (Lipinski definition) is 3. The van der Waals surface area contributed by atoms with Crippen LogP contribution in [-0.2, 0) is 22.7 Å². The van der Waals surface area contributed by atoms with Crippen molar-refractivity contribution >= 4 is 17.7 Å². The Morgan fingerprint density at radius 2 is 2.14 bits per heavy atom. The number of fused-ring (bicyclic) bond motifs is 1. The Kier molecular flexibility index (Phi) is 5.16. The fraction of sp³-hybridized carbons (Fsp3) is 0.550. The van der Waals surface area contributed by atoms with Crippen LogP contribution in [0.25, 0.3) is 0 Å². The molecule has 3 aliphatic rings. The van der Waals surface area contributed by atoms with Crippen LogP contribution in [0.1, 0.15) is 40.7 Å². The van der Waals surface area contributed by atoms with Gasteiger partial charge in [0.05, 0.1) is 6.67 Å². The Balaban J connectivity index is 1.46. The maximum Gasteiger partial charge on any atom is 0.255 e. The lowest BCUT2D eigenvalue weighted by Gasteiger charge is -2.29. The fourth-order valence-corrected chi connectivity index (χ4v) is 4.41. The third-order valence-electron chi connectivity index (χ3n) is 6.07. The van der Waals surface area contributed by atoms with E-state index in [2.05, 4.69) is 16.0 Å². The molecule has 28 heavy (non-hydrogen) atoms. The van der Waals surface area contributed by atoms with Crippen LogP contribution in [-0.4, -0.2) is 55.0 Å². The van der Waals surface area contributed by atoms with Crippen molar-refractivity contribution in [1.29, 1.82) is 0 Å². The summed E-state index contributed by atoms with van der Waals surface area (Å²) in [5.41, 5.74) is 1.99. The summed E-state index contributed by atoms with van der Waals surface area (Å²) in [4.78, 5) is 38.2. The molecule has 2 fully saturated rings. The first-order chi connectivity index (χ1) is 13.5. The second-order valence-corrected chi connectivity index (χ2v) is 8.02. The van der Waals surface area contributed by atoms with Gasteiger partial charge in [-0.25, -0.2) is 0 Å². The Labute approximate surface area is 163 Å². The lowest BCUT2D eigenvalue weighted by molar-refractivity contribution is -0.136. The van der Waals surface area contributed by atoms with Crippen molar-refractivity contribution < 1.29 is 18.8 Å². The number of rotatable bonds is 6. The molecule has 1 aromatic carbocycles. The van der Waals surface area contributed by atoms with E-state index in [9.17, 15) is 18.8 Å². The lowest BCUT2D eigenvalue weighted by Crippen LogP contribution is -2.52. The van der Waals surface area contributed by atoms with Gasteiger partial charge in [-0.1, -0.05) is 18.2 Å². The quantitative estimate of drug-likeness (QED) is 0.617. The number of nitrogens with zero attached hydrogens (tertiary/aromatic N) is 1. The standard InChI is InChI=1S/C20H25FN4O3/c21-10-20(6-7-22-11-20)12-23-8-13-2-1-3-14-9-25(19(28)17(13)14)15-4-5-16(26)24-18(15)27/h1-3,15,22-23H,4-12H2,(H,24,26,27). The second-order valence-electron chi connectivity index (χ2n) is 8.02. The van der Waals surface area contributed by atoms with Gasteiger partial charge in [0.1, 0.15) is 6.04 Å². The highest BCUT2D eigenvalue weighted by Crippen LogP contribution is 2.30. The molecule has 1 aromatic rings. The summed E-state index contributed by atoms with van der Waals surface area (Å²) in [7, 11) is 0. The van der Waals surface area contributed by atoms with Crippen molar-refractivity contribution in [2.45, 2.75) is 38.4 Å². The average molecular weight is 388 g/mol. The van der Waals surface area contributed by atoms with E-state index < -0.39 is 11.9 Å². The van der Waals surface area contributed by atoms with Gasteiger partial charge in [-0.05, 0) is 30.5 Å². The van der Waals surface area contributed by atoms with Gasteiger partial charge in [-0.2, -0.15) is 0 Å². The van der Waals surface area contributed by atoms with Crippen molar-refractivity contribution in [3.8, 4) is 0 Å². The summed E-state index contributed by atoms with van der Waals surface area (Å²) in [6, 6.07) is 5.08. The van der Waals surface area contributed by atoms with Gasteiger partial charge < -0.3 is 15.5 Å². The number of carbonyl (C=O) groups excluding carboxylic acids is 3. The molecule has 0 spiro atoms. The fourth-order valence-electron chi connectivity index (χ4n) is 4.41. The Bertz CT molecular complexity index is 807. The normalized spacial score (nSPS) is 27.2. The number of halogens is 1. The van der Waals surface area contributed by atoms with Crippen LogP contribution in [0.15, 0.2) is 18.2 Å². The molecule has 4 rings (SSSR count). The van der Waals surface area contributed by atoms with Gasteiger partial charge in [0.2, 0.25) is 11.8 Å². The number of carbonyl (C=O) groups is 3. The minimum absolute atomic E-state index is 0.176. The monoisotopic (exact) mass is 388 g/mol. The van der Waals surface area contributed by atoms with Crippen molar-refractivity contribution in [2.75, 3.05) is 26.3 Å². The molecule has 0 saturated carbocycles. The summed E-state index contributed by atoms with van der Waals surface area (Å²) >= 11 is 0. The molecule has 3 aliphatic heterocycles. The van der Waals surface area contributed by atoms with Gasteiger partial charge in [-0.3, -0.25) is 24.1 Å². The minimum atomic E-state index is -0.613. The smallest absolute Gasteiger partial charge is 0.255 e. The number of benzene rings is 1. The van der Waals surface area contributed by atoms with Crippen molar-refractivity contribution in [2.24, 2.45) is 5.41 Å². The van der Waals surface area contributed by atoms with Crippen molar-refractivity contribution in [3.63, 3.8) is 0 Å². The molecule has 3 N–H and O–H groups in total. The molecule has 0 bridgehead atoms. The average Bonchev–Trinajstić information content (AvgIpc) is 3.28. The summed E-state index contributed by atoms with van der Waals surface area (Å²) < 4.78 is 13.5. The van der Waals surface area contributed by atoms with Gasteiger partial charge in [0.25, 0.3) is 5.91 Å². The topological polar surface area (TPSA) is 90.5 Å². The third-order valence-corrected chi connectivity index (χ3v) is 6.07. The SMILES string of the molecule is O=C1CCC(N2Cc3cccc(CNCC4(CF)CCNC4)c3C2=O)C(=O)N1. The zero-order valence-electron chi connectivity index (χ0n) is 15.7. The van der Waals surface area contributed by atoms with Crippen molar-refractivity contribution in [1.82, 2.24) is 20.9 Å². The van der Waals surface area contributed by atoms with Crippen LogP contribution in [0.3, 0.4) is 0 Å². The third kappa shape index (κ3) is 3.42. The molecule has 0 radical (unpaired) electrons. The number of imide groups is 1. The number of alkyl halides is 1. The summed E-state index contributed by atoms with van der Waals surface area (Å²) in [6.45, 7) is 2.50. The molecule has 0 aromatic heterocycles. The van der Waals surface area contributed by atoms with E-state index in [1.54, 1.807) is 4.90 Å². The molecule has 2 saturated heterocycles. The van der Waals surface area contributed by atoms with Gasteiger partial charge in [-0.15, -0.1) is 0 Å². The van der Waals surface area contributed by atoms with E-state index in [4.69, 9.17) is 0 Å². The van der Waals surface area contributed by atoms with Gasteiger partial charge >= 0.3 is 0 Å².